The minimum absolute atomic E-state index is 0.0458. The molecule has 2 aromatic rings. The molecule has 0 fully saturated rings. The second-order valence-corrected chi connectivity index (χ2v) is 7.26. The van der Waals surface area contributed by atoms with Crippen LogP contribution >= 0.6 is 0 Å². The van der Waals surface area contributed by atoms with E-state index in [0.717, 1.165) is 5.56 Å². The van der Waals surface area contributed by atoms with Gasteiger partial charge in [0.25, 0.3) is 0 Å². The van der Waals surface area contributed by atoms with Crippen LogP contribution in [0.2, 0.25) is 0 Å². The molecular formula is C17H21N3O3S. The van der Waals surface area contributed by atoms with Crippen molar-refractivity contribution >= 4 is 21.7 Å². The molecule has 6 nitrogen and oxygen atoms in total. The lowest BCUT2D eigenvalue weighted by Crippen LogP contribution is -2.30. The fraction of sp³-hybridized carbons (Fsp3) is 0.235. The van der Waals surface area contributed by atoms with E-state index in [2.05, 4.69) is 28.8 Å². The molecule has 0 spiro atoms. The third-order valence-electron chi connectivity index (χ3n) is 3.40. The lowest BCUT2D eigenvalue weighted by atomic mass is 10.1. The fourth-order valence-electron chi connectivity index (χ4n) is 2.46. The molecule has 24 heavy (non-hydrogen) atoms. The zero-order chi connectivity index (χ0) is 17.7. The van der Waals surface area contributed by atoms with E-state index in [9.17, 15) is 13.2 Å². The first-order valence-corrected chi connectivity index (χ1v) is 9.03. The highest BCUT2D eigenvalue weighted by atomic mass is 32.2. The van der Waals surface area contributed by atoms with Crippen molar-refractivity contribution in [2.45, 2.75) is 25.2 Å². The second-order valence-electron chi connectivity index (χ2n) is 5.70. The highest BCUT2D eigenvalue weighted by molar-refractivity contribution is 7.89. The van der Waals surface area contributed by atoms with E-state index in [1.165, 1.54) is 29.3 Å². The van der Waals surface area contributed by atoms with Gasteiger partial charge in [0.1, 0.15) is 0 Å². The Morgan fingerprint density at radius 1 is 1.08 bits per heavy atom. The van der Waals surface area contributed by atoms with Gasteiger partial charge in [0.05, 0.1) is 4.90 Å². The molecule has 128 valence electrons. The number of carbonyl (C=O) groups is 1. The zero-order valence-electron chi connectivity index (χ0n) is 13.7. The van der Waals surface area contributed by atoms with E-state index < -0.39 is 16.1 Å². The highest BCUT2D eigenvalue weighted by Crippen LogP contribution is 2.14. The van der Waals surface area contributed by atoms with Gasteiger partial charge in [-0.05, 0) is 44.0 Å². The van der Waals surface area contributed by atoms with Crippen LogP contribution in [-0.2, 0) is 16.4 Å². The number of carbonyl (C=O) groups excluding carboxylic acids is 1. The van der Waals surface area contributed by atoms with Gasteiger partial charge in [0.2, 0.25) is 10.0 Å². The summed E-state index contributed by atoms with van der Waals surface area (Å²) in [5, 5.41) is 10.4. The van der Waals surface area contributed by atoms with Crippen molar-refractivity contribution in [1.29, 1.82) is 0 Å². The number of benzene rings is 2. The molecule has 0 atom stereocenters. The Kier molecular flexibility index (Phi) is 5.58. The highest BCUT2D eigenvalue weighted by Gasteiger charge is 2.09. The standard InChI is InChI=1S/C17H21N3O3S/c1-12-8-13(2)10-14(9-12)6-7-19-17(21)20-15-4-3-5-16(11-15)24(18,22)23/h3-5,8-11H,6-7H2,1-2H3,(H2,18,22,23)(H2,19,20,21). The Labute approximate surface area is 142 Å². The maximum Gasteiger partial charge on any atom is 0.319 e. The van der Waals surface area contributed by atoms with Crippen molar-refractivity contribution < 1.29 is 13.2 Å². The Morgan fingerprint density at radius 2 is 1.75 bits per heavy atom. The number of rotatable bonds is 5. The number of hydrogen-bond acceptors (Lipinski definition) is 3. The predicted octanol–water partition coefficient (Wildman–Crippen LogP) is 2.32. The summed E-state index contributed by atoms with van der Waals surface area (Å²) in [6, 6.07) is 11.7. The Hall–Kier alpha value is -2.38. The zero-order valence-corrected chi connectivity index (χ0v) is 14.5. The first-order chi connectivity index (χ1) is 11.2. The maximum absolute atomic E-state index is 11.9. The van der Waals surface area contributed by atoms with Gasteiger partial charge in [-0.3, -0.25) is 0 Å². The summed E-state index contributed by atoms with van der Waals surface area (Å²) in [4.78, 5) is 11.8. The van der Waals surface area contributed by atoms with E-state index in [-0.39, 0.29) is 4.90 Å². The van der Waals surface area contributed by atoms with Crippen molar-refractivity contribution in [2.75, 3.05) is 11.9 Å². The van der Waals surface area contributed by atoms with Gasteiger partial charge in [0.15, 0.2) is 0 Å². The molecule has 0 aliphatic heterocycles. The average molecular weight is 347 g/mol. The molecule has 0 bridgehead atoms. The van der Waals surface area contributed by atoms with Gasteiger partial charge < -0.3 is 10.6 Å². The van der Waals surface area contributed by atoms with Crippen molar-refractivity contribution in [3.63, 3.8) is 0 Å². The van der Waals surface area contributed by atoms with E-state index >= 15 is 0 Å². The van der Waals surface area contributed by atoms with Gasteiger partial charge in [0, 0.05) is 12.2 Å². The second kappa shape index (κ2) is 7.46. The summed E-state index contributed by atoms with van der Waals surface area (Å²) in [6.07, 6.45) is 0.715. The minimum Gasteiger partial charge on any atom is -0.338 e. The molecule has 0 heterocycles. The molecular weight excluding hydrogens is 326 g/mol. The predicted molar refractivity (Wildman–Crippen MR) is 94.5 cm³/mol. The van der Waals surface area contributed by atoms with Crippen LogP contribution in [0.1, 0.15) is 16.7 Å². The van der Waals surface area contributed by atoms with Crippen LogP contribution in [0.15, 0.2) is 47.4 Å². The molecule has 0 saturated carbocycles. The van der Waals surface area contributed by atoms with Crippen LogP contribution < -0.4 is 15.8 Å². The van der Waals surface area contributed by atoms with Gasteiger partial charge in [-0.15, -0.1) is 0 Å². The van der Waals surface area contributed by atoms with Crippen molar-refractivity contribution in [2.24, 2.45) is 5.14 Å². The van der Waals surface area contributed by atoms with E-state index in [0.29, 0.717) is 18.7 Å². The Balaban J connectivity index is 1.90. The number of primary sulfonamides is 1. The van der Waals surface area contributed by atoms with E-state index in [1.807, 2.05) is 13.8 Å². The number of nitrogens with two attached hydrogens (primary N) is 1. The first-order valence-electron chi connectivity index (χ1n) is 7.49. The van der Waals surface area contributed by atoms with Crippen LogP contribution in [-0.4, -0.2) is 21.0 Å². The number of nitrogens with one attached hydrogen (secondary N) is 2. The molecule has 4 N–H and O–H groups in total. The summed E-state index contributed by atoms with van der Waals surface area (Å²) in [5.41, 5.74) is 3.90. The smallest absolute Gasteiger partial charge is 0.319 e. The van der Waals surface area contributed by atoms with Crippen LogP contribution in [0.3, 0.4) is 0 Å². The van der Waals surface area contributed by atoms with Crippen molar-refractivity contribution in [3.05, 3.63) is 59.2 Å². The summed E-state index contributed by atoms with van der Waals surface area (Å²) in [6.45, 7) is 4.55. The quantitative estimate of drug-likeness (QED) is 0.773. The summed E-state index contributed by atoms with van der Waals surface area (Å²) >= 11 is 0. The number of aryl methyl sites for hydroxylation is 2. The molecule has 2 amide bonds. The third kappa shape index (κ3) is 5.36. The number of hydrogen-bond donors (Lipinski definition) is 3. The number of anilines is 1. The molecule has 7 heteroatoms. The Morgan fingerprint density at radius 3 is 2.38 bits per heavy atom. The molecule has 0 radical (unpaired) electrons. The molecule has 0 aliphatic carbocycles. The van der Waals surface area contributed by atoms with E-state index in [1.54, 1.807) is 6.07 Å². The third-order valence-corrected chi connectivity index (χ3v) is 4.31. The maximum atomic E-state index is 11.9. The molecule has 2 rings (SSSR count). The fourth-order valence-corrected chi connectivity index (χ4v) is 3.02. The van der Waals surface area contributed by atoms with E-state index in [4.69, 9.17) is 5.14 Å². The molecule has 0 aliphatic rings. The monoisotopic (exact) mass is 347 g/mol. The van der Waals surface area contributed by atoms with Gasteiger partial charge in [-0.1, -0.05) is 35.4 Å². The largest absolute Gasteiger partial charge is 0.338 e. The lowest BCUT2D eigenvalue weighted by Gasteiger charge is -2.09. The van der Waals surface area contributed by atoms with Gasteiger partial charge in [-0.2, -0.15) is 0 Å². The molecule has 0 saturated heterocycles. The topological polar surface area (TPSA) is 101 Å². The summed E-state index contributed by atoms with van der Waals surface area (Å²) < 4.78 is 22.6. The van der Waals surface area contributed by atoms with Crippen LogP contribution in [0.5, 0.6) is 0 Å². The normalized spacial score (nSPS) is 11.1. The SMILES string of the molecule is Cc1cc(C)cc(CCNC(=O)Nc2cccc(S(N)(=O)=O)c2)c1. The first kappa shape index (κ1) is 18.0. The number of amides is 2. The van der Waals surface area contributed by atoms with Gasteiger partial charge >= 0.3 is 6.03 Å². The molecule has 0 aromatic heterocycles. The molecule has 2 aromatic carbocycles. The summed E-state index contributed by atoms with van der Waals surface area (Å²) in [7, 11) is -3.79. The van der Waals surface area contributed by atoms with Crippen molar-refractivity contribution in [1.82, 2.24) is 5.32 Å². The van der Waals surface area contributed by atoms with Crippen LogP contribution in [0.25, 0.3) is 0 Å². The lowest BCUT2D eigenvalue weighted by molar-refractivity contribution is 0.252. The number of urea groups is 1. The minimum atomic E-state index is -3.79. The Bertz CT molecular complexity index is 828. The van der Waals surface area contributed by atoms with Crippen LogP contribution in [0, 0.1) is 13.8 Å². The van der Waals surface area contributed by atoms with Crippen LogP contribution in [0.4, 0.5) is 10.5 Å². The van der Waals surface area contributed by atoms with Gasteiger partial charge in [-0.25, -0.2) is 18.4 Å². The number of sulfonamides is 1. The molecule has 0 unspecified atom stereocenters. The average Bonchev–Trinajstić information content (AvgIpc) is 2.45. The van der Waals surface area contributed by atoms with Crippen molar-refractivity contribution in [3.8, 4) is 0 Å². The summed E-state index contributed by atoms with van der Waals surface area (Å²) in [5.74, 6) is 0.